The maximum Gasteiger partial charge on any atom is 0.350 e. The number of rotatable bonds is 8. The number of sulfone groups is 1. The summed E-state index contributed by atoms with van der Waals surface area (Å²) in [5, 5.41) is 6.45. The van der Waals surface area contributed by atoms with Crippen LogP contribution in [0.2, 0.25) is 0 Å². The van der Waals surface area contributed by atoms with Crippen molar-refractivity contribution in [2.75, 3.05) is 54.2 Å². The van der Waals surface area contributed by atoms with Gasteiger partial charge >= 0.3 is 5.97 Å². The third-order valence-electron chi connectivity index (χ3n) is 6.43. The van der Waals surface area contributed by atoms with Gasteiger partial charge in [0.2, 0.25) is 11.9 Å². The average Bonchev–Trinajstić information content (AvgIpc) is 3.46. The van der Waals surface area contributed by atoms with Crippen molar-refractivity contribution in [3.05, 3.63) is 46.0 Å². The molecule has 1 aromatic carbocycles. The number of ether oxygens (including phenoxy) is 1. The first-order chi connectivity index (χ1) is 18.6. The van der Waals surface area contributed by atoms with Gasteiger partial charge in [-0.05, 0) is 38.0 Å². The molecule has 2 aliphatic heterocycles. The summed E-state index contributed by atoms with van der Waals surface area (Å²) in [6, 6.07) is 6.83. The van der Waals surface area contributed by atoms with Crippen molar-refractivity contribution < 1.29 is 22.7 Å². The van der Waals surface area contributed by atoms with Crippen LogP contribution in [0.4, 0.5) is 22.7 Å². The second-order valence-electron chi connectivity index (χ2n) is 9.31. The molecule has 12 nitrogen and oxygen atoms in total. The summed E-state index contributed by atoms with van der Waals surface area (Å²) >= 11 is 1.17. The van der Waals surface area contributed by atoms with E-state index in [9.17, 15) is 18.0 Å². The van der Waals surface area contributed by atoms with Crippen molar-refractivity contribution in [3.63, 3.8) is 0 Å². The van der Waals surface area contributed by atoms with Gasteiger partial charge in [-0.1, -0.05) is 23.5 Å². The van der Waals surface area contributed by atoms with Crippen molar-refractivity contribution >= 4 is 55.8 Å². The summed E-state index contributed by atoms with van der Waals surface area (Å²) in [4.78, 5) is 43.2. The van der Waals surface area contributed by atoms with E-state index in [1.165, 1.54) is 17.6 Å². The molecular formula is C25H29N7O5S2. The number of fused-ring (bicyclic) bond motifs is 1. The molecule has 39 heavy (non-hydrogen) atoms. The van der Waals surface area contributed by atoms with Gasteiger partial charge in [0, 0.05) is 38.0 Å². The smallest absolute Gasteiger partial charge is 0.350 e. The van der Waals surface area contributed by atoms with Crippen LogP contribution in [0.1, 0.15) is 33.4 Å². The zero-order valence-electron chi connectivity index (χ0n) is 21.9. The number of hydrogen-bond donors (Lipinski definition) is 2. The number of esters is 1. The fourth-order valence-electron chi connectivity index (χ4n) is 4.58. The Bertz CT molecular complexity index is 1520. The van der Waals surface area contributed by atoms with Gasteiger partial charge in [-0.25, -0.2) is 18.2 Å². The SMILES string of the molecule is CCOC(=O)c1sc(Nc2nc(N3CCNC(=O)C3)c3c(n2)N(Cc2ccc(S(C)(=O)=O)cc2)CC3)nc1C. The monoisotopic (exact) mass is 571 g/mol. The largest absolute Gasteiger partial charge is 0.462 e. The van der Waals surface area contributed by atoms with Crippen LogP contribution in [0.25, 0.3) is 0 Å². The lowest BCUT2D eigenvalue weighted by Crippen LogP contribution is -2.48. The van der Waals surface area contributed by atoms with Gasteiger partial charge in [-0.2, -0.15) is 9.97 Å². The Morgan fingerprint density at radius 2 is 1.90 bits per heavy atom. The summed E-state index contributed by atoms with van der Waals surface area (Å²) in [5.41, 5.74) is 2.44. The minimum Gasteiger partial charge on any atom is -0.462 e. The van der Waals surface area contributed by atoms with Crippen LogP contribution in [-0.2, 0) is 32.3 Å². The molecule has 5 rings (SSSR count). The van der Waals surface area contributed by atoms with E-state index >= 15 is 0 Å². The number of carbonyl (C=O) groups excluding carboxylic acids is 2. The number of aromatic nitrogens is 3. The van der Waals surface area contributed by atoms with Crippen molar-refractivity contribution in [2.45, 2.75) is 31.7 Å². The summed E-state index contributed by atoms with van der Waals surface area (Å²) in [5.74, 6) is 1.23. The number of hydrogen-bond acceptors (Lipinski definition) is 12. The molecule has 0 radical (unpaired) electrons. The highest BCUT2D eigenvalue weighted by molar-refractivity contribution is 7.90. The molecule has 2 N–H and O–H groups in total. The zero-order valence-corrected chi connectivity index (χ0v) is 23.5. The Morgan fingerprint density at radius 1 is 1.15 bits per heavy atom. The van der Waals surface area contributed by atoms with Crippen LogP contribution in [0, 0.1) is 6.92 Å². The van der Waals surface area contributed by atoms with Crippen LogP contribution in [0.5, 0.6) is 0 Å². The van der Waals surface area contributed by atoms with E-state index in [0.717, 1.165) is 16.9 Å². The summed E-state index contributed by atoms with van der Waals surface area (Å²) in [7, 11) is -3.28. The molecule has 4 heterocycles. The number of carbonyl (C=O) groups is 2. The molecule has 1 saturated heterocycles. The predicted molar refractivity (Wildman–Crippen MR) is 148 cm³/mol. The fourth-order valence-corrected chi connectivity index (χ4v) is 6.07. The standard InChI is InChI=1S/C25H29N7O5S2/c1-4-37-23(34)20-15(2)27-25(38-20)30-24-28-21-18(22(29-24)32-12-10-26-19(33)14-32)9-11-31(21)13-16-5-7-17(8-6-16)39(3,35)36/h5-8H,4,9-14H2,1-3H3,(H,26,33)(H,27,28,29,30). The highest BCUT2D eigenvalue weighted by Crippen LogP contribution is 2.36. The molecule has 0 saturated carbocycles. The number of nitrogens with one attached hydrogen (secondary N) is 2. The molecule has 3 aromatic rings. The van der Waals surface area contributed by atoms with E-state index in [1.807, 2.05) is 4.90 Å². The lowest BCUT2D eigenvalue weighted by molar-refractivity contribution is -0.120. The Hall–Kier alpha value is -3.78. The third kappa shape index (κ3) is 5.81. The van der Waals surface area contributed by atoms with Gasteiger partial charge in [-0.3, -0.25) is 10.1 Å². The van der Waals surface area contributed by atoms with E-state index in [-0.39, 0.29) is 24.0 Å². The predicted octanol–water partition coefficient (Wildman–Crippen LogP) is 2.06. The first-order valence-corrected chi connectivity index (χ1v) is 15.2. The van der Waals surface area contributed by atoms with Crippen LogP contribution in [0.3, 0.4) is 0 Å². The number of aryl methyl sites for hydroxylation is 1. The van der Waals surface area contributed by atoms with Crippen LogP contribution in [-0.4, -0.2) is 74.3 Å². The zero-order chi connectivity index (χ0) is 27.7. The average molecular weight is 572 g/mol. The van der Waals surface area contributed by atoms with Crippen LogP contribution < -0.4 is 20.4 Å². The van der Waals surface area contributed by atoms with Gasteiger partial charge in [-0.15, -0.1) is 0 Å². The highest BCUT2D eigenvalue weighted by Gasteiger charge is 2.30. The Labute approximate surface area is 230 Å². The summed E-state index contributed by atoms with van der Waals surface area (Å²) in [6.07, 6.45) is 1.89. The van der Waals surface area contributed by atoms with Gasteiger partial charge in [0.1, 0.15) is 16.5 Å². The molecule has 0 spiro atoms. The van der Waals surface area contributed by atoms with Gasteiger partial charge in [0.15, 0.2) is 15.0 Å². The molecule has 1 fully saturated rings. The van der Waals surface area contributed by atoms with Crippen molar-refractivity contribution in [1.82, 2.24) is 20.3 Å². The molecule has 0 aliphatic carbocycles. The van der Waals surface area contributed by atoms with E-state index < -0.39 is 15.8 Å². The molecule has 2 aliphatic rings. The van der Waals surface area contributed by atoms with Gasteiger partial charge < -0.3 is 19.9 Å². The number of benzene rings is 1. The van der Waals surface area contributed by atoms with E-state index in [1.54, 1.807) is 38.1 Å². The minimum atomic E-state index is -3.28. The quantitative estimate of drug-likeness (QED) is 0.383. The fraction of sp³-hybridized carbons (Fsp3) is 0.400. The van der Waals surface area contributed by atoms with Crippen molar-refractivity contribution in [3.8, 4) is 0 Å². The van der Waals surface area contributed by atoms with E-state index in [4.69, 9.17) is 14.7 Å². The molecule has 206 valence electrons. The van der Waals surface area contributed by atoms with Crippen molar-refractivity contribution in [2.24, 2.45) is 0 Å². The first kappa shape index (κ1) is 26.8. The first-order valence-electron chi connectivity index (χ1n) is 12.5. The minimum absolute atomic E-state index is 0.0708. The number of anilines is 4. The Balaban J connectivity index is 1.47. The summed E-state index contributed by atoms with van der Waals surface area (Å²) in [6.45, 7) is 6.31. The number of piperazine rings is 1. The van der Waals surface area contributed by atoms with Gasteiger partial charge in [0.05, 0.1) is 23.7 Å². The van der Waals surface area contributed by atoms with Crippen LogP contribution in [0.15, 0.2) is 29.2 Å². The molecule has 14 heteroatoms. The number of amides is 1. The lowest BCUT2D eigenvalue weighted by Gasteiger charge is -2.29. The topological polar surface area (TPSA) is 147 Å². The molecular weight excluding hydrogens is 542 g/mol. The Morgan fingerprint density at radius 3 is 2.59 bits per heavy atom. The molecule has 0 bridgehead atoms. The second kappa shape index (κ2) is 10.8. The molecule has 1 amide bonds. The van der Waals surface area contributed by atoms with E-state index in [0.29, 0.717) is 60.1 Å². The molecule has 0 unspecified atom stereocenters. The third-order valence-corrected chi connectivity index (χ3v) is 8.62. The Kier molecular flexibility index (Phi) is 7.40. The maximum atomic E-state index is 12.3. The van der Waals surface area contributed by atoms with E-state index in [2.05, 4.69) is 20.5 Å². The van der Waals surface area contributed by atoms with Crippen molar-refractivity contribution in [1.29, 1.82) is 0 Å². The van der Waals surface area contributed by atoms with Gasteiger partial charge in [0.25, 0.3) is 0 Å². The normalized spacial score (nSPS) is 15.2. The number of nitrogens with zero attached hydrogens (tertiary/aromatic N) is 5. The summed E-state index contributed by atoms with van der Waals surface area (Å²) < 4.78 is 28.8. The van der Waals surface area contributed by atoms with Crippen LogP contribution >= 0.6 is 11.3 Å². The molecule has 0 atom stereocenters. The number of thiazole rings is 1. The maximum absolute atomic E-state index is 12.3. The second-order valence-corrected chi connectivity index (χ2v) is 12.3. The lowest BCUT2D eigenvalue weighted by atomic mass is 10.2. The molecule has 2 aromatic heterocycles. The highest BCUT2D eigenvalue weighted by atomic mass is 32.2.